The number of phenolic OH excluding ortho intramolecular Hbond substituents is 2. The van der Waals surface area contributed by atoms with Crippen LogP contribution in [0.1, 0.15) is 171 Å². The summed E-state index contributed by atoms with van der Waals surface area (Å²) in [5.74, 6) is 7.67. The van der Waals surface area contributed by atoms with E-state index in [0.29, 0.717) is 11.5 Å². The molecule has 0 aliphatic carbocycles. The van der Waals surface area contributed by atoms with E-state index >= 15 is 0 Å². The van der Waals surface area contributed by atoms with Crippen LogP contribution in [-0.4, -0.2) is 27.5 Å². The van der Waals surface area contributed by atoms with Gasteiger partial charge in [-0.2, -0.15) is 35.3 Å². The van der Waals surface area contributed by atoms with Crippen molar-refractivity contribution in [1.82, 2.24) is 0 Å². The minimum Gasteiger partial charge on any atom is -0.507 e. The molecule has 0 bridgehead atoms. The number of hydrogen-bond acceptors (Lipinski definition) is 5. The highest BCUT2D eigenvalue weighted by Gasteiger charge is 2.10. The summed E-state index contributed by atoms with van der Waals surface area (Å²) < 4.78 is 0. The second kappa shape index (κ2) is 31.1. The lowest BCUT2D eigenvalue weighted by molar-refractivity contribution is 0.464. The van der Waals surface area contributed by atoms with Gasteiger partial charge in [-0.1, -0.05) is 154 Å². The predicted molar refractivity (Wildman–Crippen MR) is 219 cm³/mol. The van der Waals surface area contributed by atoms with Crippen LogP contribution < -0.4 is 0 Å². The molecule has 0 atom stereocenters. The normalized spacial score (nSPS) is 11.1. The molecule has 2 rings (SSSR count). The number of unbranched alkanes of at least 4 members (excludes halogenated alkanes) is 15. The molecule has 0 unspecified atom stereocenters. The van der Waals surface area contributed by atoms with Gasteiger partial charge in [-0.3, -0.25) is 0 Å². The average Bonchev–Trinajstić information content (AvgIpc) is 3.08. The molecule has 0 saturated carbocycles. The molecule has 0 saturated heterocycles. The Kier molecular flexibility index (Phi) is 29.2. The first-order valence-electron chi connectivity index (χ1n) is 19.3. The summed E-state index contributed by atoms with van der Waals surface area (Å²) in [4.78, 5) is 0. The van der Waals surface area contributed by atoms with Crippen LogP contribution >= 0.6 is 35.3 Å². The van der Waals surface area contributed by atoms with Gasteiger partial charge in [0.2, 0.25) is 0 Å². The zero-order valence-corrected chi connectivity index (χ0v) is 33.6. The third-order valence-corrected chi connectivity index (χ3v) is 12.0. The third-order valence-electron chi connectivity index (χ3n) is 8.74. The quantitative estimate of drug-likeness (QED) is 0.0863. The Hall–Kier alpha value is -0.910. The lowest BCUT2D eigenvalue weighted by atomic mass is 10.0. The fourth-order valence-electron chi connectivity index (χ4n) is 5.64. The SMILES string of the molecule is CCCCCCCCSCc1cc(CC)c(O)c(CSCCCCCCCC)c1.CCCCCCCCSCc1cccc(C)c1O. The second-order valence-corrected chi connectivity index (χ2v) is 16.5. The van der Waals surface area contributed by atoms with Crippen LogP contribution in [0.3, 0.4) is 0 Å². The van der Waals surface area contributed by atoms with Gasteiger partial charge in [-0.15, -0.1) is 0 Å². The van der Waals surface area contributed by atoms with Gasteiger partial charge >= 0.3 is 0 Å². The Morgan fingerprint density at radius 2 is 0.894 bits per heavy atom. The van der Waals surface area contributed by atoms with Gasteiger partial charge in [0.05, 0.1) is 0 Å². The zero-order chi connectivity index (χ0) is 34.4. The first-order chi connectivity index (χ1) is 23.0. The van der Waals surface area contributed by atoms with Crippen molar-refractivity contribution in [3.05, 3.63) is 58.1 Å². The molecule has 0 aliphatic rings. The third kappa shape index (κ3) is 22.4. The summed E-state index contributed by atoms with van der Waals surface area (Å²) in [5, 5.41) is 20.5. The van der Waals surface area contributed by atoms with Crippen LogP contribution in [-0.2, 0) is 23.7 Å². The van der Waals surface area contributed by atoms with Gasteiger partial charge < -0.3 is 10.2 Å². The Bertz CT molecular complexity index is 1010. The highest BCUT2D eigenvalue weighted by molar-refractivity contribution is 7.98. The number of rotatable bonds is 28. The van der Waals surface area contributed by atoms with E-state index in [4.69, 9.17) is 0 Å². The van der Waals surface area contributed by atoms with Crippen molar-refractivity contribution >= 4 is 35.3 Å². The van der Waals surface area contributed by atoms with Gasteiger partial charge in [0.25, 0.3) is 0 Å². The van der Waals surface area contributed by atoms with E-state index in [-0.39, 0.29) is 0 Å². The summed E-state index contributed by atoms with van der Waals surface area (Å²) >= 11 is 5.98. The Labute approximate surface area is 304 Å². The topological polar surface area (TPSA) is 40.5 Å². The average molecular weight is 705 g/mol. The van der Waals surface area contributed by atoms with Crippen LogP contribution in [0, 0.1) is 6.92 Å². The molecule has 0 fully saturated rings. The number of aromatic hydroxyl groups is 2. The molecule has 270 valence electrons. The lowest BCUT2D eigenvalue weighted by Crippen LogP contribution is -1.94. The molecule has 2 aromatic carbocycles. The van der Waals surface area contributed by atoms with Gasteiger partial charge in [0.15, 0.2) is 0 Å². The summed E-state index contributed by atoms with van der Waals surface area (Å²) in [7, 11) is 0. The number of thioether (sulfide) groups is 3. The minimum atomic E-state index is 0.480. The standard InChI is InChI=1S/C26H46OS2.C16H26OS/c1-4-7-9-11-13-15-17-28-21-23-19-24(6-3)26(27)25(20-23)22-29-18-16-14-12-10-8-5-2;1-3-4-5-6-7-8-12-18-13-15-11-9-10-14(2)16(15)17/h19-20,27H,4-18,21-22H2,1-3H3;9-11,17H,3-8,12-13H2,1-2H3. The first kappa shape index (κ1) is 44.1. The molecule has 0 spiro atoms. The van der Waals surface area contributed by atoms with E-state index in [1.165, 1.54) is 138 Å². The number of aryl methyl sites for hydroxylation is 2. The zero-order valence-electron chi connectivity index (χ0n) is 31.2. The molecule has 2 nitrogen and oxygen atoms in total. The second-order valence-electron chi connectivity index (χ2n) is 13.2. The summed E-state index contributed by atoms with van der Waals surface area (Å²) in [6, 6.07) is 10.5. The fraction of sp³-hybridized carbons (Fsp3) is 0.714. The van der Waals surface area contributed by atoms with Gasteiger partial charge in [-0.05, 0) is 66.6 Å². The highest BCUT2D eigenvalue weighted by atomic mass is 32.2. The van der Waals surface area contributed by atoms with Crippen molar-refractivity contribution in [2.24, 2.45) is 0 Å². The van der Waals surface area contributed by atoms with Crippen molar-refractivity contribution in [3.8, 4) is 11.5 Å². The maximum Gasteiger partial charge on any atom is 0.122 e. The van der Waals surface area contributed by atoms with E-state index in [1.54, 1.807) is 0 Å². The Morgan fingerprint density at radius 3 is 1.38 bits per heavy atom. The molecule has 2 N–H and O–H groups in total. The molecule has 0 amide bonds. The maximum absolute atomic E-state index is 10.6. The van der Waals surface area contributed by atoms with E-state index < -0.39 is 0 Å². The largest absolute Gasteiger partial charge is 0.507 e. The van der Waals surface area contributed by atoms with Crippen molar-refractivity contribution < 1.29 is 10.2 Å². The van der Waals surface area contributed by atoms with Gasteiger partial charge in [-0.25, -0.2) is 0 Å². The lowest BCUT2D eigenvalue weighted by Gasteiger charge is -2.12. The summed E-state index contributed by atoms with van der Waals surface area (Å²) in [5.41, 5.74) is 5.72. The molecular weight excluding hydrogens is 633 g/mol. The monoisotopic (exact) mass is 704 g/mol. The molecule has 0 heterocycles. The maximum atomic E-state index is 10.6. The van der Waals surface area contributed by atoms with Crippen LogP contribution in [0.2, 0.25) is 0 Å². The van der Waals surface area contributed by atoms with Crippen molar-refractivity contribution in [2.75, 3.05) is 17.3 Å². The van der Waals surface area contributed by atoms with Crippen LogP contribution in [0.15, 0.2) is 30.3 Å². The van der Waals surface area contributed by atoms with Gasteiger partial charge in [0, 0.05) is 28.4 Å². The van der Waals surface area contributed by atoms with E-state index in [1.807, 2.05) is 48.6 Å². The molecule has 5 heteroatoms. The van der Waals surface area contributed by atoms with E-state index in [0.717, 1.165) is 45.9 Å². The molecule has 0 radical (unpaired) electrons. The molecule has 0 aromatic heterocycles. The first-order valence-corrected chi connectivity index (χ1v) is 22.8. The minimum absolute atomic E-state index is 0.480. The predicted octanol–water partition coefficient (Wildman–Crippen LogP) is 14.4. The number of phenols is 2. The summed E-state index contributed by atoms with van der Waals surface area (Å²) in [6.45, 7) is 10.9. The number of hydrogen-bond donors (Lipinski definition) is 2. The molecular formula is C42H72O2S3. The van der Waals surface area contributed by atoms with E-state index in [2.05, 4.69) is 51.6 Å². The van der Waals surface area contributed by atoms with Crippen molar-refractivity contribution in [3.63, 3.8) is 0 Å². The van der Waals surface area contributed by atoms with Crippen LogP contribution in [0.5, 0.6) is 11.5 Å². The molecule has 2 aromatic rings. The van der Waals surface area contributed by atoms with Crippen molar-refractivity contribution in [2.45, 2.75) is 174 Å². The van der Waals surface area contributed by atoms with Gasteiger partial charge in [0.1, 0.15) is 11.5 Å². The molecule has 47 heavy (non-hydrogen) atoms. The number of para-hydroxylation sites is 1. The smallest absolute Gasteiger partial charge is 0.122 e. The van der Waals surface area contributed by atoms with Crippen LogP contribution in [0.25, 0.3) is 0 Å². The molecule has 0 aliphatic heterocycles. The van der Waals surface area contributed by atoms with Crippen molar-refractivity contribution in [1.29, 1.82) is 0 Å². The highest BCUT2D eigenvalue weighted by Crippen LogP contribution is 2.31. The van der Waals surface area contributed by atoms with E-state index in [9.17, 15) is 10.2 Å². The Balaban J connectivity index is 0.000000524. The number of benzene rings is 2. The Morgan fingerprint density at radius 1 is 0.468 bits per heavy atom. The fourth-order valence-corrected chi connectivity index (χ4v) is 8.59. The van der Waals surface area contributed by atoms with Crippen LogP contribution in [0.4, 0.5) is 0 Å². The summed E-state index contributed by atoms with van der Waals surface area (Å²) in [6.07, 6.45) is 25.4.